The quantitative estimate of drug-likeness (QED) is 0.176. The molecule has 0 radical (unpaired) electrons. The van der Waals surface area contributed by atoms with Crippen molar-refractivity contribution in [2.24, 2.45) is 11.1 Å². The Kier molecular flexibility index (Phi) is 10.8. The summed E-state index contributed by atoms with van der Waals surface area (Å²) in [5.41, 5.74) is 4.54. The number of rotatable bonds is 15. The standard InChI is InChI=1S/C23H43N5O4S/c1-22(2,20(30)26-13-11-24)10-14-32-23(3,4)9-12-25-18(29)8-6-5-7-17-19-16(15-33-17)27-21(31)28-19/h16-17,19H,5-15,24H2,1-4H3,(H,25,29)(H,26,30)(H2,27,28,31)/t16-,17-,19-/m0/s1. The number of hydrogen-bond donors (Lipinski definition) is 5. The molecule has 6 N–H and O–H groups in total. The van der Waals surface area contributed by atoms with Crippen LogP contribution >= 0.6 is 11.8 Å². The van der Waals surface area contributed by atoms with Crippen molar-refractivity contribution in [1.82, 2.24) is 21.3 Å². The molecule has 3 atom stereocenters. The molecule has 2 aliphatic rings. The van der Waals surface area contributed by atoms with Crippen molar-refractivity contribution in [1.29, 1.82) is 0 Å². The van der Waals surface area contributed by atoms with E-state index in [-0.39, 0.29) is 35.5 Å². The van der Waals surface area contributed by atoms with Crippen LogP contribution < -0.4 is 27.0 Å². The van der Waals surface area contributed by atoms with Crippen LogP contribution in [0.25, 0.3) is 0 Å². The molecule has 0 spiro atoms. The van der Waals surface area contributed by atoms with Crippen LogP contribution in [0.4, 0.5) is 4.79 Å². The number of nitrogens with one attached hydrogen (secondary N) is 4. The first-order chi connectivity index (χ1) is 15.5. The molecule has 2 fully saturated rings. The van der Waals surface area contributed by atoms with Gasteiger partial charge in [-0.15, -0.1) is 0 Å². The van der Waals surface area contributed by atoms with Crippen molar-refractivity contribution in [3.05, 3.63) is 0 Å². The van der Waals surface area contributed by atoms with Gasteiger partial charge in [0.15, 0.2) is 0 Å². The van der Waals surface area contributed by atoms with Gasteiger partial charge in [0.2, 0.25) is 11.8 Å². The smallest absolute Gasteiger partial charge is 0.315 e. The Morgan fingerprint density at radius 2 is 1.88 bits per heavy atom. The number of thioether (sulfide) groups is 1. The molecule has 2 saturated heterocycles. The number of amides is 4. The molecule has 0 aromatic rings. The van der Waals surface area contributed by atoms with Crippen LogP contribution in [0.15, 0.2) is 0 Å². The van der Waals surface area contributed by atoms with Gasteiger partial charge in [-0.2, -0.15) is 11.8 Å². The van der Waals surface area contributed by atoms with Gasteiger partial charge in [0.1, 0.15) is 0 Å². The van der Waals surface area contributed by atoms with E-state index in [0.29, 0.717) is 50.8 Å². The molecular formula is C23H43N5O4S. The summed E-state index contributed by atoms with van der Waals surface area (Å²) in [5.74, 6) is 1.01. The summed E-state index contributed by atoms with van der Waals surface area (Å²) in [6.45, 7) is 9.75. The molecule has 0 aromatic heterocycles. The van der Waals surface area contributed by atoms with Crippen molar-refractivity contribution in [3.63, 3.8) is 0 Å². The molecule has 2 rings (SSSR count). The van der Waals surface area contributed by atoms with E-state index in [0.717, 1.165) is 25.0 Å². The lowest BCUT2D eigenvalue weighted by atomic mass is 9.88. The van der Waals surface area contributed by atoms with Crippen molar-refractivity contribution in [2.45, 2.75) is 89.2 Å². The highest BCUT2D eigenvalue weighted by atomic mass is 32.2. The first-order valence-electron chi connectivity index (χ1n) is 12.1. The molecule has 0 saturated carbocycles. The molecule has 0 aromatic carbocycles. The van der Waals surface area contributed by atoms with E-state index in [1.165, 1.54) is 0 Å². The fourth-order valence-corrected chi connectivity index (χ4v) is 5.60. The minimum atomic E-state index is -0.517. The number of hydrogen-bond acceptors (Lipinski definition) is 6. The van der Waals surface area contributed by atoms with E-state index < -0.39 is 5.41 Å². The number of carbonyl (C=O) groups is 3. The molecule has 4 amide bonds. The second kappa shape index (κ2) is 12.8. The van der Waals surface area contributed by atoms with Gasteiger partial charge in [-0.05, 0) is 39.5 Å². The van der Waals surface area contributed by atoms with Crippen LogP contribution in [0, 0.1) is 5.41 Å². The van der Waals surface area contributed by atoms with Crippen molar-refractivity contribution in [3.8, 4) is 0 Å². The lowest BCUT2D eigenvalue weighted by Crippen LogP contribution is -2.40. The zero-order valence-corrected chi connectivity index (χ0v) is 21.4. The van der Waals surface area contributed by atoms with E-state index in [4.69, 9.17) is 10.5 Å². The third-order valence-electron chi connectivity index (χ3n) is 6.39. The van der Waals surface area contributed by atoms with Crippen LogP contribution in [0.1, 0.15) is 66.2 Å². The van der Waals surface area contributed by atoms with Gasteiger partial charge in [-0.3, -0.25) is 9.59 Å². The highest BCUT2D eigenvalue weighted by molar-refractivity contribution is 8.00. The minimum Gasteiger partial charge on any atom is -0.375 e. The number of nitrogens with two attached hydrogens (primary N) is 1. The summed E-state index contributed by atoms with van der Waals surface area (Å²) in [5, 5.41) is 12.2. The first kappa shape index (κ1) is 27.7. The fraction of sp³-hybridized carbons (Fsp3) is 0.870. The predicted molar refractivity (Wildman–Crippen MR) is 132 cm³/mol. The summed E-state index contributed by atoms with van der Waals surface area (Å²) in [7, 11) is 0. The normalized spacial score (nSPS) is 22.5. The second-order valence-electron chi connectivity index (χ2n) is 10.3. The van der Waals surface area contributed by atoms with Gasteiger partial charge in [0.25, 0.3) is 0 Å². The van der Waals surface area contributed by atoms with Gasteiger partial charge >= 0.3 is 6.03 Å². The Morgan fingerprint density at radius 1 is 1.12 bits per heavy atom. The monoisotopic (exact) mass is 485 g/mol. The van der Waals surface area contributed by atoms with E-state index in [2.05, 4.69) is 21.3 Å². The molecule has 0 unspecified atom stereocenters. The summed E-state index contributed by atoms with van der Waals surface area (Å²) in [6, 6.07) is 0.420. The van der Waals surface area contributed by atoms with E-state index in [1.54, 1.807) is 0 Å². The van der Waals surface area contributed by atoms with Crippen LogP contribution in [0.3, 0.4) is 0 Å². The largest absolute Gasteiger partial charge is 0.375 e. The van der Waals surface area contributed by atoms with Gasteiger partial charge in [0, 0.05) is 49.1 Å². The average molecular weight is 486 g/mol. The lowest BCUT2D eigenvalue weighted by molar-refractivity contribution is -0.131. The van der Waals surface area contributed by atoms with Crippen molar-refractivity contribution in [2.75, 3.05) is 32.0 Å². The first-order valence-corrected chi connectivity index (χ1v) is 13.2. The van der Waals surface area contributed by atoms with Crippen molar-refractivity contribution < 1.29 is 19.1 Å². The number of unbranched alkanes of at least 4 members (excludes halogenated alkanes) is 1. The Balaban J connectivity index is 1.54. The van der Waals surface area contributed by atoms with Gasteiger partial charge in [-0.1, -0.05) is 20.3 Å². The number of urea groups is 1. The second-order valence-corrected chi connectivity index (χ2v) is 11.5. The zero-order chi connectivity index (χ0) is 24.5. The Hall–Kier alpha value is -1.52. The summed E-state index contributed by atoms with van der Waals surface area (Å²) in [4.78, 5) is 35.8. The summed E-state index contributed by atoms with van der Waals surface area (Å²) < 4.78 is 6.01. The average Bonchev–Trinajstić information content (AvgIpc) is 3.28. The highest BCUT2D eigenvalue weighted by Crippen LogP contribution is 2.33. The van der Waals surface area contributed by atoms with Crippen LogP contribution in [0.2, 0.25) is 0 Å². The Bertz CT molecular complexity index is 673. The third-order valence-corrected chi connectivity index (χ3v) is 7.90. The number of ether oxygens (including phenoxy) is 1. The van der Waals surface area contributed by atoms with Crippen LogP contribution in [-0.2, 0) is 14.3 Å². The maximum absolute atomic E-state index is 12.2. The highest BCUT2D eigenvalue weighted by Gasteiger charge is 2.42. The summed E-state index contributed by atoms with van der Waals surface area (Å²) >= 11 is 1.91. The molecule has 0 bridgehead atoms. The van der Waals surface area contributed by atoms with Gasteiger partial charge in [0.05, 0.1) is 17.7 Å². The maximum Gasteiger partial charge on any atom is 0.315 e. The molecule has 9 nitrogen and oxygen atoms in total. The molecular weight excluding hydrogens is 442 g/mol. The van der Waals surface area contributed by atoms with Crippen LogP contribution in [0.5, 0.6) is 0 Å². The Labute approximate surface area is 202 Å². The van der Waals surface area contributed by atoms with E-state index >= 15 is 0 Å². The van der Waals surface area contributed by atoms with Crippen molar-refractivity contribution >= 4 is 29.6 Å². The third kappa shape index (κ3) is 9.33. The van der Waals surface area contributed by atoms with E-state index in [1.807, 2.05) is 39.5 Å². The van der Waals surface area contributed by atoms with Gasteiger partial charge < -0.3 is 31.7 Å². The zero-order valence-electron chi connectivity index (χ0n) is 20.6. The molecule has 0 aliphatic carbocycles. The fourth-order valence-electron chi connectivity index (χ4n) is 4.06. The minimum absolute atomic E-state index is 0.0161. The molecule has 33 heavy (non-hydrogen) atoms. The van der Waals surface area contributed by atoms with E-state index in [9.17, 15) is 14.4 Å². The topological polar surface area (TPSA) is 135 Å². The predicted octanol–water partition coefficient (Wildman–Crippen LogP) is 1.50. The van der Waals surface area contributed by atoms with Crippen LogP contribution in [-0.4, -0.2) is 72.8 Å². The van der Waals surface area contributed by atoms with Gasteiger partial charge in [-0.25, -0.2) is 4.79 Å². The maximum atomic E-state index is 12.2. The molecule has 2 heterocycles. The SMILES string of the molecule is CC(C)(CCNC(=O)CCCC[C@@H]1SC[C@@H]2NC(=O)N[C@@H]21)OCCC(C)(C)C(=O)NCCN. The summed E-state index contributed by atoms with van der Waals surface area (Å²) in [6.07, 6.45) is 4.68. The molecule has 2 aliphatic heterocycles. The number of fused-ring (bicyclic) bond motifs is 1. The molecule has 10 heteroatoms. The Morgan fingerprint density at radius 3 is 2.61 bits per heavy atom. The molecule has 190 valence electrons. The number of carbonyl (C=O) groups excluding carboxylic acids is 3. The lowest BCUT2D eigenvalue weighted by Gasteiger charge is -2.29.